The van der Waals surface area contributed by atoms with Gasteiger partial charge in [-0.25, -0.2) is 4.39 Å². The van der Waals surface area contributed by atoms with Gasteiger partial charge in [0.05, 0.1) is 5.25 Å². The topological polar surface area (TPSA) is 49.4 Å². The predicted molar refractivity (Wildman–Crippen MR) is 94.9 cm³/mol. The van der Waals surface area contributed by atoms with Crippen LogP contribution in [0.2, 0.25) is 0 Å². The third kappa shape index (κ3) is 5.28. The zero-order chi connectivity index (χ0) is 16.8. The van der Waals surface area contributed by atoms with Gasteiger partial charge in [-0.05, 0) is 44.0 Å². The molecule has 1 atom stereocenters. The number of nitrogens with zero attached hydrogens (tertiary/aromatic N) is 1. The van der Waals surface area contributed by atoms with E-state index in [4.69, 9.17) is 12.2 Å². The van der Waals surface area contributed by atoms with E-state index in [-0.39, 0.29) is 22.9 Å². The second kappa shape index (κ2) is 8.40. The number of amides is 2. The van der Waals surface area contributed by atoms with Crippen LogP contribution >= 0.6 is 24.0 Å². The van der Waals surface area contributed by atoms with Crippen molar-refractivity contribution in [1.82, 2.24) is 4.90 Å². The highest BCUT2D eigenvalue weighted by Gasteiger charge is 2.32. The molecule has 1 aliphatic rings. The molecule has 0 aromatic heterocycles. The number of carbonyl (C=O) groups excluding carboxylic acids is 2. The molecule has 2 amide bonds. The summed E-state index contributed by atoms with van der Waals surface area (Å²) in [7, 11) is 0. The lowest BCUT2D eigenvalue weighted by atomic mass is 10.1. The number of thiocarbonyl (C=S) groups is 1. The Hall–Kier alpha value is -1.47. The highest BCUT2D eigenvalue weighted by molar-refractivity contribution is 8.24. The molecule has 4 nitrogen and oxygen atoms in total. The molecule has 23 heavy (non-hydrogen) atoms. The maximum absolute atomic E-state index is 12.8. The molecule has 1 aromatic rings. The van der Waals surface area contributed by atoms with Gasteiger partial charge in [-0.3, -0.25) is 14.5 Å². The van der Waals surface area contributed by atoms with Gasteiger partial charge >= 0.3 is 0 Å². The van der Waals surface area contributed by atoms with Gasteiger partial charge in [0.1, 0.15) is 10.1 Å². The van der Waals surface area contributed by atoms with Crippen LogP contribution in [0.15, 0.2) is 24.3 Å². The molecule has 1 saturated heterocycles. The zero-order valence-corrected chi connectivity index (χ0v) is 14.5. The Bertz CT molecular complexity index is 592. The molecule has 1 aliphatic heterocycles. The second-order valence-corrected chi connectivity index (χ2v) is 7.36. The highest BCUT2D eigenvalue weighted by Crippen LogP contribution is 2.27. The maximum atomic E-state index is 12.8. The van der Waals surface area contributed by atoms with E-state index in [2.05, 4.69) is 5.32 Å². The summed E-state index contributed by atoms with van der Waals surface area (Å²) in [6, 6.07) is 5.69. The molecular weight excluding hydrogens is 335 g/mol. The average molecular weight is 354 g/mol. The normalized spacial score (nSPS) is 17.7. The summed E-state index contributed by atoms with van der Waals surface area (Å²) in [5.41, 5.74) is 0.593. The van der Waals surface area contributed by atoms with E-state index in [9.17, 15) is 14.0 Å². The van der Waals surface area contributed by atoms with Gasteiger partial charge in [0.25, 0.3) is 0 Å². The van der Waals surface area contributed by atoms with Crippen molar-refractivity contribution < 1.29 is 14.0 Å². The first-order valence-corrected chi connectivity index (χ1v) is 8.83. The Labute approximate surface area is 144 Å². The predicted octanol–water partition coefficient (Wildman–Crippen LogP) is 3.57. The third-order valence-electron chi connectivity index (χ3n) is 3.53. The zero-order valence-electron chi connectivity index (χ0n) is 12.9. The molecule has 7 heteroatoms. The summed E-state index contributed by atoms with van der Waals surface area (Å²) in [5.74, 6) is -0.340. The van der Waals surface area contributed by atoms with E-state index < -0.39 is 0 Å². The first kappa shape index (κ1) is 17.9. The van der Waals surface area contributed by atoms with Crippen LogP contribution in [0.25, 0.3) is 0 Å². The summed E-state index contributed by atoms with van der Waals surface area (Å²) in [6.07, 6.45) is 2.82. The van der Waals surface area contributed by atoms with E-state index in [1.165, 1.54) is 36.0 Å². The fraction of sp³-hybridized carbons (Fsp3) is 0.438. The second-order valence-electron chi connectivity index (χ2n) is 5.38. The molecule has 0 aliphatic carbocycles. The Kier molecular flexibility index (Phi) is 6.53. The lowest BCUT2D eigenvalue weighted by molar-refractivity contribution is -0.125. The average Bonchev–Trinajstić information content (AvgIpc) is 2.75. The largest absolute Gasteiger partial charge is 0.326 e. The molecular formula is C16H19FN2O2S2. The molecule has 0 radical (unpaired) electrons. The van der Waals surface area contributed by atoms with Gasteiger partial charge in [0.2, 0.25) is 11.8 Å². The van der Waals surface area contributed by atoms with Crippen LogP contribution in [0.4, 0.5) is 10.1 Å². The number of halogens is 1. The number of rotatable bonds is 7. The van der Waals surface area contributed by atoms with Gasteiger partial charge in [0.15, 0.2) is 0 Å². The van der Waals surface area contributed by atoms with Crippen LogP contribution < -0.4 is 5.32 Å². The standard InChI is InChI=1S/C16H19FN2O2S2/c1-11-15(21)19(16(22)23-11)10-4-2-3-5-14(20)18-13-8-6-12(17)7-9-13/h6-9,11H,2-5,10H2,1H3,(H,18,20). The van der Waals surface area contributed by atoms with Crippen molar-refractivity contribution in [2.75, 3.05) is 11.9 Å². The first-order valence-electron chi connectivity index (χ1n) is 7.55. The van der Waals surface area contributed by atoms with Crippen LogP contribution in [0.1, 0.15) is 32.6 Å². The van der Waals surface area contributed by atoms with E-state index in [1.807, 2.05) is 6.92 Å². The third-order valence-corrected chi connectivity index (χ3v) is 5.01. The van der Waals surface area contributed by atoms with E-state index in [0.29, 0.717) is 23.0 Å². The molecule has 1 unspecified atom stereocenters. The lowest BCUT2D eigenvalue weighted by Crippen LogP contribution is -2.31. The minimum absolute atomic E-state index is 0.0778. The van der Waals surface area contributed by atoms with Gasteiger partial charge in [-0.2, -0.15) is 0 Å². The molecule has 0 bridgehead atoms. The van der Waals surface area contributed by atoms with Crippen LogP contribution in [-0.2, 0) is 9.59 Å². The Morgan fingerprint density at radius 3 is 2.61 bits per heavy atom. The van der Waals surface area contributed by atoms with Crippen LogP contribution in [0, 0.1) is 5.82 Å². The Balaban J connectivity index is 1.62. The van der Waals surface area contributed by atoms with Gasteiger partial charge in [-0.15, -0.1) is 0 Å². The molecule has 0 spiro atoms. The maximum Gasteiger partial charge on any atom is 0.241 e. The molecule has 1 fully saturated rings. The number of nitrogens with one attached hydrogen (secondary N) is 1. The van der Waals surface area contributed by atoms with Gasteiger partial charge < -0.3 is 5.32 Å². The monoisotopic (exact) mass is 354 g/mol. The summed E-state index contributed by atoms with van der Waals surface area (Å²) < 4.78 is 13.4. The first-order chi connectivity index (χ1) is 11.0. The van der Waals surface area contributed by atoms with Gasteiger partial charge in [-0.1, -0.05) is 30.4 Å². The van der Waals surface area contributed by atoms with E-state index in [1.54, 1.807) is 4.90 Å². The number of unbranched alkanes of at least 4 members (excludes halogenated alkanes) is 2. The van der Waals surface area contributed by atoms with Crippen molar-refractivity contribution in [3.63, 3.8) is 0 Å². The van der Waals surface area contributed by atoms with Crippen molar-refractivity contribution in [3.8, 4) is 0 Å². The minimum Gasteiger partial charge on any atom is -0.326 e. The molecule has 1 aromatic carbocycles. The Morgan fingerprint density at radius 1 is 1.30 bits per heavy atom. The Morgan fingerprint density at radius 2 is 2.00 bits per heavy atom. The quantitative estimate of drug-likeness (QED) is 0.601. The molecule has 1 N–H and O–H groups in total. The number of hydrogen-bond donors (Lipinski definition) is 1. The summed E-state index contributed by atoms with van der Waals surface area (Å²) in [4.78, 5) is 25.3. The number of hydrogen-bond acceptors (Lipinski definition) is 4. The number of thioether (sulfide) groups is 1. The lowest BCUT2D eigenvalue weighted by Gasteiger charge is -2.14. The van der Waals surface area contributed by atoms with Crippen molar-refractivity contribution >= 4 is 45.8 Å². The van der Waals surface area contributed by atoms with Crippen molar-refractivity contribution in [1.29, 1.82) is 0 Å². The van der Waals surface area contributed by atoms with Crippen LogP contribution in [-0.4, -0.2) is 32.8 Å². The van der Waals surface area contributed by atoms with Crippen LogP contribution in [0.3, 0.4) is 0 Å². The van der Waals surface area contributed by atoms with Gasteiger partial charge in [0, 0.05) is 18.7 Å². The van der Waals surface area contributed by atoms with Crippen molar-refractivity contribution in [2.45, 2.75) is 37.9 Å². The molecule has 1 heterocycles. The number of carbonyl (C=O) groups is 2. The summed E-state index contributed by atoms with van der Waals surface area (Å²) in [6.45, 7) is 2.48. The number of anilines is 1. The van der Waals surface area contributed by atoms with E-state index >= 15 is 0 Å². The smallest absolute Gasteiger partial charge is 0.241 e. The fourth-order valence-corrected chi connectivity index (χ4v) is 3.72. The van der Waals surface area contributed by atoms with E-state index in [0.717, 1.165) is 19.3 Å². The summed E-state index contributed by atoms with van der Waals surface area (Å²) in [5, 5.41) is 2.65. The fourth-order valence-electron chi connectivity index (χ4n) is 2.27. The SMILES string of the molecule is CC1SC(=S)N(CCCCCC(=O)Nc2ccc(F)cc2)C1=O. The minimum atomic E-state index is -0.329. The molecule has 2 rings (SSSR count). The van der Waals surface area contributed by atoms with Crippen molar-refractivity contribution in [2.24, 2.45) is 0 Å². The number of benzene rings is 1. The molecule has 0 saturated carbocycles. The molecule has 124 valence electrons. The summed E-state index contributed by atoms with van der Waals surface area (Å²) >= 11 is 6.60. The van der Waals surface area contributed by atoms with Crippen molar-refractivity contribution in [3.05, 3.63) is 30.1 Å². The van der Waals surface area contributed by atoms with Crippen LogP contribution in [0.5, 0.6) is 0 Å². The highest BCUT2D eigenvalue weighted by atomic mass is 32.2.